The van der Waals surface area contributed by atoms with Gasteiger partial charge in [-0.2, -0.15) is 12.6 Å². The third-order valence-corrected chi connectivity index (χ3v) is 2.59. The first-order valence-corrected chi connectivity index (χ1v) is 4.96. The normalized spacial score (nSPS) is 15.1. The van der Waals surface area contributed by atoms with Crippen LogP contribution < -0.4 is 0 Å². The Bertz CT molecular complexity index is 314. The summed E-state index contributed by atoms with van der Waals surface area (Å²) in [7, 11) is 0. The van der Waals surface area contributed by atoms with E-state index in [2.05, 4.69) is 12.6 Å². The van der Waals surface area contributed by atoms with Crippen LogP contribution in [0.5, 0.6) is 5.75 Å². The van der Waals surface area contributed by atoms with E-state index >= 15 is 0 Å². The van der Waals surface area contributed by atoms with Gasteiger partial charge in [-0.05, 0) is 24.1 Å². The number of hydrogen-bond acceptors (Lipinski definition) is 4. The van der Waals surface area contributed by atoms with E-state index in [1.165, 1.54) is 0 Å². The highest BCUT2D eigenvalue weighted by molar-refractivity contribution is 7.80. The Labute approximate surface area is 88.4 Å². The standard InChI is InChI=1S/C10H14O3S/c1-6-7(3-2-4-8(6)11)10(13)9(12)5-14/h2-4,9-14H,5H2,1H3. The molecule has 0 aromatic heterocycles. The monoisotopic (exact) mass is 214 g/mol. The molecule has 1 aromatic rings. The number of benzene rings is 1. The van der Waals surface area contributed by atoms with Gasteiger partial charge in [0, 0.05) is 5.75 Å². The molecule has 0 heterocycles. The molecule has 14 heavy (non-hydrogen) atoms. The fourth-order valence-electron chi connectivity index (χ4n) is 1.27. The molecule has 3 N–H and O–H groups in total. The number of phenols is 1. The Morgan fingerprint density at radius 1 is 1.36 bits per heavy atom. The molecule has 4 heteroatoms. The molecule has 2 atom stereocenters. The van der Waals surface area contributed by atoms with E-state index in [4.69, 9.17) is 0 Å². The van der Waals surface area contributed by atoms with E-state index in [0.717, 1.165) is 0 Å². The summed E-state index contributed by atoms with van der Waals surface area (Å²) in [6, 6.07) is 4.84. The van der Waals surface area contributed by atoms with Crippen molar-refractivity contribution in [3.8, 4) is 5.75 Å². The van der Waals surface area contributed by atoms with Crippen molar-refractivity contribution in [3.63, 3.8) is 0 Å². The van der Waals surface area contributed by atoms with Crippen LogP contribution in [-0.4, -0.2) is 27.2 Å². The topological polar surface area (TPSA) is 60.7 Å². The van der Waals surface area contributed by atoms with E-state index in [0.29, 0.717) is 11.1 Å². The molecule has 78 valence electrons. The summed E-state index contributed by atoms with van der Waals surface area (Å²) in [5, 5.41) is 28.5. The lowest BCUT2D eigenvalue weighted by Crippen LogP contribution is -2.20. The van der Waals surface area contributed by atoms with Gasteiger partial charge in [0.05, 0.1) is 6.10 Å². The number of phenolic OH excluding ortho intramolecular Hbond substituents is 1. The lowest BCUT2D eigenvalue weighted by Gasteiger charge is -2.18. The van der Waals surface area contributed by atoms with Crippen LogP contribution in [-0.2, 0) is 0 Å². The van der Waals surface area contributed by atoms with Crippen molar-refractivity contribution in [1.82, 2.24) is 0 Å². The number of aliphatic hydroxyl groups excluding tert-OH is 2. The molecule has 0 aliphatic rings. The molecule has 0 aliphatic carbocycles. The summed E-state index contributed by atoms with van der Waals surface area (Å²) in [5.41, 5.74) is 1.12. The van der Waals surface area contributed by atoms with Crippen LogP contribution in [0.2, 0.25) is 0 Å². The first-order chi connectivity index (χ1) is 6.57. The van der Waals surface area contributed by atoms with Crippen molar-refractivity contribution in [2.24, 2.45) is 0 Å². The van der Waals surface area contributed by atoms with Gasteiger partial charge in [0.15, 0.2) is 0 Å². The van der Waals surface area contributed by atoms with Gasteiger partial charge in [-0.25, -0.2) is 0 Å². The summed E-state index contributed by atoms with van der Waals surface area (Å²) in [5.74, 6) is 0.295. The van der Waals surface area contributed by atoms with Crippen LogP contribution in [0.1, 0.15) is 17.2 Å². The predicted octanol–water partition coefficient (Wildman–Crippen LogP) is 1.02. The minimum Gasteiger partial charge on any atom is -0.508 e. The largest absolute Gasteiger partial charge is 0.508 e. The third-order valence-electron chi connectivity index (χ3n) is 2.22. The zero-order valence-electron chi connectivity index (χ0n) is 7.88. The highest BCUT2D eigenvalue weighted by Gasteiger charge is 2.19. The summed E-state index contributed by atoms with van der Waals surface area (Å²) in [4.78, 5) is 0. The molecule has 2 unspecified atom stereocenters. The van der Waals surface area contributed by atoms with E-state index in [9.17, 15) is 15.3 Å². The van der Waals surface area contributed by atoms with Gasteiger partial charge >= 0.3 is 0 Å². The number of aromatic hydroxyl groups is 1. The minimum absolute atomic E-state index is 0.118. The lowest BCUT2D eigenvalue weighted by molar-refractivity contribution is 0.0332. The number of hydrogen-bond donors (Lipinski definition) is 4. The Hall–Kier alpha value is -0.710. The van der Waals surface area contributed by atoms with Crippen molar-refractivity contribution >= 4 is 12.6 Å². The van der Waals surface area contributed by atoms with Crippen LogP contribution in [0.25, 0.3) is 0 Å². The maximum atomic E-state index is 9.68. The molecule has 0 fully saturated rings. The summed E-state index contributed by atoms with van der Waals surface area (Å²) < 4.78 is 0. The van der Waals surface area contributed by atoms with Gasteiger partial charge in [-0.3, -0.25) is 0 Å². The second-order valence-corrected chi connectivity index (χ2v) is 3.55. The molecule has 0 bridgehead atoms. The van der Waals surface area contributed by atoms with Crippen molar-refractivity contribution in [3.05, 3.63) is 29.3 Å². The third kappa shape index (κ3) is 2.20. The van der Waals surface area contributed by atoms with E-state index < -0.39 is 12.2 Å². The fraction of sp³-hybridized carbons (Fsp3) is 0.400. The molecule has 0 spiro atoms. The first-order valence-electron chi connectivity index (χ1n) is 4.33. The molecular weight excluding hydrogens is 200 g/mol. The van der Waals surface area contributed by atoms with Gasteiger partial charge in [0.2, 0.25) is 0 Å². The first kappa shape index (κ1) is 11.4. The minimum atomic E-state index is -1.00. The van der Waals surface area contributed by atoms with Crippen molar-refractivity contribution < 1.29 is 15.3 Å². The van der Waals surface area contributed by atoms with Crippen molar-refractivity contribution in [1.29, 1.82) is 0 Å². The molecule has 0 saturated carbocycles. The van der Waals surface area contributed by atoms with Gasteiger partial charge in [-0.1, -0.05) is 12.1 Å². The van der Waals surface area contributed by atoms with E-state index in [1.54, 1.807) is 25.1 Å². The Morgan fingerprint density at radius 3 is 2.57 bits per heavy atom. The number of rotatable bonds is 3. The maximum Gasteiger partial charge on any atom is 0.118 e. The Morgan fingerprint density at radius 2 is 2.00 bits per heavy atom. The molecule has 0 amide bonds. The second-order valence-electron chi connectivity index (χ2n) is 3.19. The molecule has 0 radical (unpaired) electrons. The van der Waals surface area contributed by atoms with Crippen molar-refractivity contribution in [2.45, 2.75) is 19.1 Å². The number of thiol groups is 1. The lowest BCUT2D eigenvalue weighted by atomic mass is 9.99. The molecule has 0 saturated heterocycles. The Balaban J connectivity index is 3.01. The quantitative estimate of drug-likeness (QED) is 0.568. The molecule has 3 nitrogen and oxygen atoms in total. The van der Waals surface area contributed by atoms with Crippen LogP contribution in [0.3, 0.4) is 0 Å². The zero-order chi connectivity index (χ0) is 10.7. The predicted molar refractivity (Wildman–Crippen MR) is 57.7 cm³/mol. The average Bonchev–Trinajstić information content (AvgIpc) is 2.20. The SMILES string of the molecule is Cc1c(O)cccc1C(O)C(O)CS. The zero-order valence-corrected chi connectivity index (χ0v) is 8.78. The molecule has 0 aliphatic heterocycles. The van der Waals surface area contributed by atoms with Gasteiger partial charge in [-0.15, -0.1) is 0 Å². The smallest absolute Gasteiger partial charge is 0.118 e. The van der Waals surface area contributed by atoms with Gasteiger partial charge < -0.3 is 15.3 Å². The van der Waals surface area contributed by atoms with Gasteiger partial charge in [0.1, 0.15) is 11.9 Å². The van der Waals surface area contributed by atoms with Gasteiger partial charge in [0.25, 0.3) is 0 Å². The van der Waals surface area contributed by atoms with Crippen molar-refractivity contribution in [2.75, 3.05) is 5.75 Å². The Kier molecular flexibility index (Phi) is 3.80. The van der Waals surface area contributed by atoms with Crippen LogP contribution >= 0.6 is 12.6 Å². The average molecular weight is 214 g/mol. The molecule has 1 aromatic carbocycles. The van der Waals surface area contributed by atoms with E-state index in [1.807, 2.05) is 0 Å². The second kappa shape index (κ2) is 4.68. The summed E-state index contributed by atoms with van der Waals surface area (Å²) in [6.45, 7) is 1.69. The molecular formula is C10H14O3S. The summed E-state index contributed by atoms with van der Waals surface area (Å²) in [6.07, 6.45) is -1.92. The van der Waals surface area contributed by atoms with Crippen LogP contribution in [0.4, 0.5) is 0 Å². The number of aliphatic hydroxyl groups is 2. The maximum absolute atomic E-state index is 9.68. The highest BCUT2D eigenvalue weighted by atomic mass is 32.1. The molecule has 1 rings (SSSR count). The van der Waals surface area contributed by atoms with Crippen LogP contribution in [0, 0.1) is 6.92 Å². The van der Waals surface area contributed by atoms with Crippen LogP contribution in [0.15, 0.2) is 18.2 Å². The van der Waals surface area contributed by atoms with E-state index in [-0.39, 0.29) is 11.5 Å². The highest BCUT2D eigenvalue weighted by Crippen LogP contribution is 2.27. The summed E-state index contributed by atoms with van der Waals surface area (Å²) >= 11 is 3.89. The fourth-order valence-corrected chi connectivity index (χ4v) is 1.47.